The normalized spacial score (nSPS) is 19.2. The quantitative estimate of drug-likeness (QED) is 0.400. The first-order chi connectivity index (χ1) is 17.2. The van der Waals surface area contributed by atoms with Gasteiger partial charge in [0.2, 0.25) is 5.91 Å². The predicted molar refractivity (Wildman–Crippen MR) is 134 cm³/mol. The molecule has 2 aliphatic rings. The number of carbonyl (C=O) groups excluding carboxylic acids is 1. The van der Waals surface area contributed by atoms with Crippen molar-refractivity contribution < 1.29 is 31.1 Å². The first-order valence-corrected chi connectivity index (χ1v) is 13.6. The molecule has 2 saturated heterocycles. The number of piperidine rings is 1. The Morgan fingerprint density at radius 3 is 2.03 bits per heavy atom. The molecular weight excluding hydrogens is 516 g/mol. The van der Waals surface area contributed by atoms with E-state index >= 15 is 0 Å². The van der Waals surface area contributed by atoms with Gasteiger partial charge in [0.15, 0.2) is 0 Å². The lowest BCUT2D eigenvalue weighted by atomic mass is 9.70. The van der Waals surface area contributed by atoms with E-state index in [1.807, 2.05) is 16.7 Å². The summed E-state index contributed by atoms with van der Waals surface area (Å²) < 4.78 is 79.4. The minimum Gasteiger partial charge on any atom is -0.384 e. The van der Waals surface area contributed by atoms with E-state index in [4.69, 9.17) is 0 Å². The van der Waals surface area contributed by atoms with Crippen LogP contribution in [0.2, 0.25) is 0 Å². The first-order valence-electron chi connectivity index (χ1n) is 12.5. The smallest absolute Gasteiger partial charge is 0.384 e. The van der Waals surface area contributed by atoms with E-state index in [-0.39, 0.29) is 29.5 Å². The minimum absolute atomic E-state index is 0.106. The molecule has 1 N–H and O–H groups in total. The SMILES string of the molecule is C=C(NCc1cc(C(F)(F)F)cc(C(F)(F)F)c1)C1(CC(C)C)CCN(CC(=O)N2CCSCC2)CC1. The van der Waals surface area contributed by atoms with E-state index in [0.29, 0.717) is 44.1 Å². The Balaban J connectivity index is 1.68. The number of hydrogen-bond donors (Lipinski definition) is 1. The number of alkyl halides is 6. The molecule has 1 aromatic rings. The summed E-state index contributed by atoms with van der Waals surface area (Å²) in [6.45, 7) is 11.3. The molecule has 0 saturated carbocycles. The molecule has 1 aromatic carbocycles. The average molecular weight is 552 g/mol. The molecule has 0 aliphatic carbocycles. The zero-order valence-corrected chi connectivity index (χ0v) is 22.1. The van der Waals surface area contributed by atoms with Gasteiger partial charge >= 0.3 is 12.4 Å². The molecule has 3 rings (SSSR count). The summed E-state index contributed by atoms with van der Waals surface area (Å²) in [7, 11) is 0. The van der Waals surface area contributed by atoms with E-state index < -0.39 is 23.5 Å². The highest BCUT2D eigenvalue weighted by molar-refractivity contribution is 7.99. The van der Waals surface area contributed by atoms with E-state index in [1.165, 1.54) is 0 Å². The van der Waals surface area contributed by atoms with Gasteiger partial charge in [0, 0.05) is 42.3 Å². The lowest BCUT2D eigenvalue weighted by molar-refractivity contribution is -0.143. The number of amides is 1. The minimum atomic E-state index is -4.89. The van der Waals surface area contributed by atoms with Gasteiger partial charge in [-0.15, -0.1) is 0 Å². The van der Waals surface area contributed by atoms with E-state index in [1.54, 1.807) is 0 Å². The van der Waals surface area contributed by atoms with Gasteiger partial charge in [0.1, 0.15) is 0 Å². The van der Waals surface area contributed by atoms with Crippen molar-refractivity contribution >= 4 is 17.7 Å². The lowest BCUT2D eigenvalue weighted by Gasteiger charge is -2.44. The average Bonchev–Trinajstić information content (AvgIpc) is 2.82. The van der Waals surface area contributed by atoms with Crippen molar-refractivity contribution in [2.45, 2.75) is 52.0 Å². The summed E-state index contributed by atoms with van der Waals surface area (Å²) in [5.74, 6) is 2.33. The molecule has 1 amide bonds. The van der Waals surface area contributed by atoms with Crippen LogP contribution in [-0.2, 0) is 23.7 Å². The van der Waals surface area contributed by atoms with Gasteiger partial charge in [0.05, 0.1) is 17.7 Å². The second-order valence-corrected chi connectivity index (χ2v) is 11.6. The van der Waals surface area contributed by atoms with E-state index in [9.17, 15) is 31.1 Å². The number of nitrogens with zero attached hydrogens (tertiary/aromatic N) is 2. The standard InChI is InChI=1S/C26H35F6N3OS/c1-18(2)15-24(4-6-34(7-5-24)17-23(36)35-8-10-37-11-9-35)19(3)33-16-20-12-21(25(27,28)29)14-22(13-20)26(30,31)32/h12-14,18,33H,3-11,15-17H2,1-2H3. The zero-order chi connectivity index (χ0) is 27.4. The van der Waals surface area contributed by atoms with Gasteiger partial charge in [-0.1, -0.05) is 20.4 Å². The van der Waals surface area contributed by atoms with Crippen LogP contribution in [0, 0.1) is 11.3 Å². The summed E-state index contributed by atoms with van der Waals surface area (Å²) >= 11 is 1.84. The monoisotopic (exact) mass is 551 g/mol. The van der Waals surface area contributed by atoms with Crippen molar-refractivity contribution in [1.82, 2.24) is 15.1 Å². The van der Waals surface area contributed by atoms with Crippen LogP contribution in [0.25, 0.3) is 0 Å². The molecular formula is C26H35F6N3OS. The summed E-state index contributed by atoms with van der Waals surface area (Å²) in [5.41, 5.74) is -2.50. The van der Waals surface area contributed by atoms with Gasteiger partial charge in [0.25, 0.3) is 0 Å². The van der Waals surface area contributed by atoms with Crippen LogP contribution < -0.4 is 5.32 Å². The van der Waals surface area contributed by atoms with Crippen molar-refractivity contribution in [2.75, 3.05) is 44.2 Å². The van der Waals surface area contributed by atoms with Crippen LogP contribution >= 0.6 is 11.8 Å². The molecule has 0 atom stereocenters. The highest BCUT2D eigenvalue weighted by Gasteiger charge is 2.39. The zero-order valence-electron chi connectivity index (χ0n) is 21.3. The van der Waals surface area contributed by atoms with Crippen molar-refractivity contribution in [3.05, 3.63) is 47.2 Å². The molecule has 0 bridgehead atoms. The van der Waals surface area contributed by atoms with Gasteiger partial charge in [-0.3, -0.25) is 9.69 Å². The number of halogens is 6. The molecule has 0 unspecified atom stereocenters. The maximum atomic E-state index is 13.2. The van der Waals surface area contributed by atoms with Crippen LogP contribution in [0.3, 0.4) is 0 Å². The second-order valence-electron chi connectivity index (χ2n) is 10.4. The Labute approximate surface area is 218 Å². The van der Waals surface area contributed by atoms with Crippen LogP contribution in [0.15, 0.2) is 30.5 Å². The second kappa shape index (κ2) is 11.9. The Bertz CT molecular complexity index is 916. The molecule has 2 aliphatic heterocycles. The van der Waals surface area contributed by atoms with Crippen LogP contribution in [0.1, 0.15) is 49.8 Å². The number of carbonyl (C=O) groups is 1. The Kier molecular flexibility index (Phi) is 9.53. The van der Waals surface area contributed by atoms with E-state index in [0.717, 1.165) is 43.1 Å². The fourth-order valence-electron chi connectivity index (χ4n) is 5.17. The number of benzene rings is 1. The first kappa shape index (κ1) is 29.7. The number of nitrogens with one attached hydrogen (secondary N) is 1. The number of thioether (sulfide) groups is 1. The molecule has 37 heavy (non-hydrogen) atoms. The molecule has 0 spiro atoms. The third-order valence-corrected chi connectivity index (χ3v) is 8.07. The van der Waals surface area contributed by atoms with Crippen LogP contribution in [0.4, 0.5) is 26.3 Å². The lowest BCUT2D eigenvalue weighted by Crippen LogP contribution is -2.49. The van der Waals surface area contributed by atoms with Crippen molar-refractivity contribution in [1.29, 1.82) is 0 Å². The molecule has 208 valence electrons. The molecule has 0 aromatic heterocycles. The number of hydrogen-bond acceptors (Lipinski definition) is 4. The maximum absolute atomic E-state index is 13.2. The third kappa shape index (κ3) is 8.05. The van der Waals surface area contributed by atoms with Crippen LogP contribution in [0.5, 0.6) is 0 Å². The molecule has 2 fully saturated rings. The summed E-state index contributed by atoms with van der Waals surface area (Å²) in [5, 5.41) is 3.05. The number of rotatable bonds is 8. The van der Waals surface area contributed by atoms with Gasteiger partial charge in [-0.2, -0.15) is 38.1 Å². The predicted octanol–water partition coefficient (Wildman–Crippen LogP) is 6.03. The fourth-order valence-corrected chi connectivity index (χ4v) is 6.07. The largest absolute Gasteiger partial charge is 0.416 e. The van der Waals surface area contributed by atoms with Gasteiger partial charge in [-0.05, 0) is 62.0 Å². The highest BCUT2D eigenvalue weighted by Crippen LogP contribution is 2.43. The molecule has 4 nitrogen and oxygen atoms in total. The Morgan fingerprint density at radius 2 is 1.54 bits per heavy atom. The van der Waals surface area contributed by atoms with Crippen molar-refractivity contribution in [3.8, 4) is 0 Å². The van der Waals surface area contributed by atoms with Gasteiger partial charge < -0.3 is 10.2 Å². The molecule has 2 heterocycles. The summed E-state index contributed by atoms with van der Waals surface area (Å²) in [6, 6.07) is 1.63. The molecule has 11 heteroatoms. The number of likely N-dealkylation sites (tertiary alicyclic amines) is 1. The molecule has 0 radical (unpaired) electrons. The summed E-state index contributed by atoms with van der Waals surface area (Å²) in [6.07, 6.45) is -7.58. The van der Waals surface area contributed by atoms with Gasteiger partial charge in [-0.25, -0.2) is 0 Å². The third-order valence-electron chi connectivity index (χ3n) is 7.13. The fraction of sp³-hybridized carbons (Fsp3) is 0.654. The number of allylic oxidation sites excluding steroid dienone is 1. The van der Waals surface area contributed by atoms with E-state index in [2.05, 4.69) is 30.6 Å². The Hall–Kier alpha value is -1.88. The van der Waals surface area contributed by atoms with Crippen LogP contribution in [-0.4, -0.2) is 59.9 Å². The summed E-state index contributed by atoms with van der Waals surface area (Å²) in [4.78, 5) is 16.7. The van der Waals surface area contributed by atoms with Crippen molar-refractivity contribution in [3.63, 3.8) is 0 Å². The Morgan fingerprint density at radius 1 is 1.00 bits per heavy atom. The highest BCUT2D eigenvalue weighted by atomic mass is 32.2. The maximum Gasteiger partial charge on any atom is 0.416 e. The topological polar surface area (TPSA) is 35.6 Å². The van der Waals surface area contributed by atoms with Crippen molar-refractivity contribution in [2.24, 2.45) is 11.3 Å².